The van der Waals surface area contributed by atoms with Gasteiger partial charge in [-0.25, -0.2) is 0 Å². The topological polar surface area (TPSA) is 71.2 Å². The van der Waals surface area contributed by atoms with E-state index in [4.69, 9.17) is 4.74 Å². The van der Waals surface area contributed by atoms with Gasteiger partial charge in [0.1, 0.15) is 0 Å². The maximum atomic E-state index is 12.4. The first-order valence-electron chi connectivity index (χ1n) is 9.14. The van der Waals surface area contributed by atoms with Crippen LogP contribution in [0, 0.1) is 0 Å². The lowest BCUT2D eigenvalue weighted by molar-refractivity contribution is -0.152. The summed E-state index contributed by atoms with van der Waals surface area (Å²) in [4.78, 5) is 27.8. The summed E-state index contributed by atoms with van der Waals surface area (Å²) in [7, 11) is 0. The minimum Gasteiger partial charge on any atom is -0.452 e. The number of carbonyl (C=O) groups is 2. The van der Waals surface area contributed by atoms with E-state index in [1.807, 2.05) is 66.7 Å². The summed E-state index contributed by atoms with van der Waals surface area (Å²) in [5.41, 5.74) is 2.48. The van der Waals surface area contributed by atoms with E-state index in [2.05, 4.69) is 10.3 Å². The fourth-order valence-corrected chi connectivity index (χ4v) is 3.24. The fraction of sp³-hybridized carbons (Fsp3) is 0.130. The molecular formula is C23H20N2O3. The largest absolute Gasteiger partial charge is 0.452 e. The molecule has 3 aromatic carbocycles. The van der Waals surface area contributed by atoms with Crippen LogP contribution >= 0.6 is 0 Å². The zero-order valence-corrected chi connectivity index (χ0v) is 15.4. The van der Waals surface area contributed by atoms with Gasteiger partial charge in [-0.2, -0.15) is 0 Å². The van der Waals surface area contributed by atoms with Gasteiger partial charge in [0.2, 0.25) is 0 Å². The normalized spacial score (nSPS) is 12.0. The van der Waals surface area contributed by atoms with E-state index in [0.29, 0.717) is 5.69 Å². The second kappa shape index (κ2) is 7.56. The fourth-order valence-electron chi connectivity index (χ4n) is 3.24. The van der Waals surface area contributed by atoms with Crippen molar-refractivity contribution in [1.82, 2.24) is 4.98 Å². The number of hydrogen-bond acceptors (Lipinski definition) is 3. The third-order valence-electron chi connectivity index (χ3n) is 4.70. The van der Waals surface area contributed by atoms with Gasteiger partial charge in [0.15, 0.2) is 6.10 Å². The third-order valence-corrected chi connectivity index (χ3v) is 4.70. The predicted molar refractivity (Wildman–Crippen MR) is 110 cm³/mol. The highest BCUT2D eigenvalue weighted by molar-refractivity contribution is 5.97. The number of H-pyrrole nitrogens is 1. The molecule has 0 fully saturated rings. The van der Waals surface area contributed by atoms with Gasteiger partial charge in [-0.15, -0.1) is 0 Å². The smallest absolute Gasteiger partial charge is 0.311 e. The maximum absolute atomic E-state index is 12.4. The number of esters is 1. The van der Waals surface area contributed by atoms with Crippen molar-refractivity contribution in [1.29, 1.82) is 0 Å². The van der Waals surface area contributed by atoms with Crippen molar-refractivity contribution < 1.29 is 14.3 Å². The Labute approximate surface area is 162 Å². The van der Waals surface area contributed by atoms with Crippen LogP contribution in [0.15, 0.2) is 72.9 Å². The van der Waals surface area contributed by atoms with Crippen molar-refractivity contribution in [2.75, 3.05) is 5.32 Å². The second-order valence-electron chi connectivity index (χ2n) is 6.72. The van der Waals surface area contributed by atoms with E-state index >= 15 is 0 Å². The molecule has 0 spiro atoms. The number of aromatic nitrogens is 1. The van der Waals surface area contributed by atoms with Crippen LogP contribution in [0.25, 0.3) is 21.7 Å². The predicted octanol–water partition coefficient (Wildman–Crippen LogP) is 4.43. The summed E-state index contributed by atoms with van der Waals surface area (Å²) in [5, 5.41) is 5.91. The molecule has 2 N–H and O–H groups in total. The Hall–Kier alpha value is -3.60. The number of aromatic amines is 1. The quantitative estimate of drug-likeness (QED) is 0.509. The number of benzene rings is 3. The molecule has 0 radical (unpaired) electrons. The molecule has 0 aliphatic rings. The van der Waals surface area contributed by atoms with Crippen LogP contribution in [-0.4, -0.2) is 23.0 Å². The molecule has 0 saturated heterocycles. The molecule has 4 rings (SSSR count). The molecule has 1 amide bonds. The van der Waals surface area contributed by atoms with Gasteiger partial charge in [-0.05, 0) is 41.5 Å². The number of hydrogen-bond donors (Lipinski definition) is 2. The van der Waals surface area contributed by atoms with Crippen LogP contribution in [0.3, 0.4) is 0 Å². The maximum Gasteiger partial charge on any atom is 0.311 e. The molecule has 140 valence electrons. The molecule has 4 aromatic rings. The lowest BCUT2D eigenvalue weighted by atomic mass is 10.1. The molecule has 1 atom stereocenters. The first kappa shape index (κ1) is 17.8. The number of para-hydroxylation sites is 1. The Bertz CT molecular complexity index is 1160. The molecule has 0 bridgehead atoms. The van der Waals surface area contributed by atoms with Gasteiger partial charge in [0.05, 0.1) is 6.42 Å². The first-order valence-corrected chi connectivity index (χ1v) is 9.14. The number of rotatable bonds is 5. The van der Waals surface area contributed by atoms with Crippen molar-refractivity contribution in [3.05, 3.63) is 78.5 Å². The first-order chi connectivity index (χ1) is 13.6. The average Bonchev–Trinajstić information content (AvgIpc) is 3.10. The van der Waals surface area contributed by atoms with E-state index in [1.54, 1.807) is 13.1 Å². The molecule has 0 aliphatic carbocycles. The van der Waals surface area contributed by atoms with Gasteiger partial charge >= 0.3 is 5.97 Å². The minimum absolute atomic E-state index is 0.109. The molecule has 1 aromatic heterocycles. The number of carbonyl (C=O) groups excluding carboxylic acids is 2. The highest BCUT2D eigenvalue weighted by atomic mass is 16.5. The monoisotopic (exact) mass is 372 g/mol. The standard InChI is InChI=1S/C23H20N2O3/c1-15(23(27)25-19-11-10-16-6-2-3-7-17(16)12-19)28-22(26)13-18-14-24-21-9-5-4-8-20(18)21/h2-12,14-15,24H,13H2,1H3,(H,25,27)/t15-/m0/s1. The molecule has 5 nitrogen and oxygen atoms in total. The number of anilines is 1. The SMILES string of the molecule is C[C@H](OC(=O)Cc1c[nH]c2ccccc12)C(=O)Nc1ccc2ccccc2c1. The highest BCUT2D eigenvalue weighted by Gasteiger charge is 2.19. The molecule has 1 heterocycles. The highest BCUT2D eigenvalue weighted by Crippen LogP contribution is 2.20. The summed E-state index contributed by atoms with van der Waals surface area (Å²) in [5.74, 6) is -0.798. The van der Waals surface area contributed by atoms with Crippen molar-refractivity contribution in [3.63, 3.8) is 0 Å². The zero-order valence-electron chi connectivity index (χ0n) is 15.4. The Morgan fingerprint density at radius 2 is 1.75 bits per heavy atom. The molecular weight excluding hydrogens is 352 g/mol. The van der Waals surface area contributed by atoms with Crippen LogP contribution in [0.5, 0.6) is 0 Å². The van der Waals surface area contributed by atoms with E-state index in [-0.39, 0.29) is 12.3 Å². The number of nitrogens with one attached hydrogen (secondary N) is 2. The second-order valence-corrected chi connectivity index (χ2v) is 6.72. The summed E-state index contributed by atoms with van der Waals surface area (Å²) >= 11 is 0. The van der Waals surface area contributed by atoms with Gasteiger partial charge in [0, 0.05) is 22.8 Å². The molecule has 0 aliphatic heterocycles. The number of ether oxygens (including phenoxy) is 1. The zero-order chi connectivity index (χ0) is 19.5. The van der Waals surface area contributed by atoms with E-state index in [1.165, 1.54) is 0 Å². The molecule has 5 heteroatoms. The molecule has 0 saturated carbocycles. The Balaban J connectivity index is 1.38. The summed E-state index contributed by atoms with van der Waals surface area (Å²) < 4.78 is 5.33. The van der Waals surface area contributed by atoms with E-state index < -0.39 is 12.1 Å². The minimum atomic E-state index is -0.885. The van der Waals surface area contributed by atoms with Gasteiger partial charge in [-0.1, -0.05) is 48.5 Å². The van der Waals surface area contributed by atoms with Crippen LogP contribution in [0.4, 0.5) is 5.69 Å². The summed E-state index contributed by atoms with van der Waals surface area (Å²) in [6.45, 7) is 1.57. The van der Waals surface area contributed by atoms with Crippen LogP contribution in [0.1, 0.15) is 12.5 Å². The Morgan fingerprint density at radius 1 is 1.00 bits per heavy atom. The van der Waals surface area contributed by atoms with E-state index in [9.17, 15) is 9.59 Å². The van der Waals surface area contributed by atoms with Gasteiger partial charge in [-0.3, -0.25) is 9.59 Å². The summed E-state index contributed by atoms with van der Waals surface area (Å²) in [6, 6.07) is 21.3. The number of fused-ring (bicyclic) bond motifs is 2. The lowest BCUT2D eigenvalue weighted by Crippen LogP contribution is -2.30. The van der Waals surface area contributed by atoms with Crippen molar-refractivity contribution in [2.45, 2.75) is 19.4 Å². The Morgan fingerprint density at radius 3 is 2.61 bits per heavy atom. The van der Waals surface area contributed by atoms with Crippen molar-refractivity contribution >= 4 is 39.2 Å². The van der Waals surface area contributed by atoms with Crippen LogP contribution < -0.4 is 5.32 Å². The van der Waals surface area contributed by atoms with Crippen molar-refractivity contribution in [2.24, 2.45) is 0 Å². The summed E-state index contributed by atoms with van der Waals surface area (Å²) in [6.07, 6.45) is 1.02. The lowest BCUT2D eigenvalue weighted by Gasteiger charge is -2.14. The van der Waals surface area contributed by atoms with Gasteiger partial charge < -0.3 is 15.0 Å². The van der Waals surface area contributed by atoms with Crippen LogP contribution in [-0.2, 0) is 20.7 Å². The van der Waals surface area contributed by atoms with Gasteiger partial charge in [0.25, 0.3) is 5.91 Å². The molecule has 0 unspecified atom stereocenters. The average molecular weight is 372 g/mol. The Kier molecular flexibility index (Phi) is 4.81. The van der Waals surface area contributed by atoms with Crippen molar-refractivity contribution in [3.8, 4) is 0 Å². The van der Waals surface area contributed by atoms with E-state index in [0.717, 1.165) is 27.2 Å². The number of amides is 1. The van der Waals surface area contributed by atoms with Crippen LogP contribution in [0.2, 0.25) is 0 Å². The third kappa shape index (κ3) is 3.74. The molecule has 28 heavy (non-hydrogen) atoms.